The highest BCUT2D eigenvalue weighted by Gasteiger charge is 2.19. The minimum absolute atomic E-state index is 0.0862. The van der Waals surface area contributed by atoms with Gasteiger partial charge in [-0.15, -0.1) is 0 Å². The van der Waals surface area contributed by atoms with Crippen molar-refractivity contribution in [3.05, 3.63) is 122 Å². The second-order valence-corrected chi connectivity index (χ2v) is 21.6. The Hall–Kier alpha value is -4.19. The van der Waals surface area contributed by atoms with Crippen LogP contribution in [0, 0.1) is 0 Å². The Morgan fingerprint density at radius 1 is 0.266 bits per heavy atom. The van der Waals surface area contributed by atoms with E-state index < -0.39 is 6.10 Å². The van der Waals surface area contributed by atoms with Crippen LogP contribution in [-0.2, 0) is 28.6 Å². The quantitative estimate of drug-likeness (QED) is 0.0261. The van der Waals surface area contributed by atoms with Gasteiger partial charge in [-0.2, -0.15) is 0 Å². The molecule has 0 fully saturated rings. The summed E-state index contributed by atoms with van der Waals surface area (Å²) in [4.78, 5) is 38.2. The van der Waals surface area contributed by atoms with Gasteiger partial charge in [0.15, 0.2) is 6.10 Å². The van der Waals surface area contributed by atoms with Crippen LogP contribution >= 0.6 is 0 Å². The van der Waals surface area contributed by atoms with E-state index >= 15 is 0 Å². The first-order chi connectivity index (χ1) is 39.0. The van der Waals surface area contributed by atoms with Gasteiger partial charge in [-0.25, -0.2) is 0 Å². The molecule has 0 saturated carbocycles. The Labute approximate surface area is 488 Å². The first-order valence-electron chi connectivity index (χ1n) is 33.0. The maximum absolute atomic E-state index is 12.9. The van der Waals surface area contributed by atoms with Crippen molar-refractivity contribution in [1.82, 2.24) is 0 Å². The predicted octanol–water partition coefficient (Wildman–Crippen LogP) is 22.8. The van der Waals surface area contributed by atoms with Crippen LogP contribution in [0.5, 0.6) is 0 Å². The molecule has 0 aromatic carbocycles. The first kappa shape index (κ1) is 74.8. The zero-order valence-corrected chi connectivity index (χ0v) is 51.6. The van der Waals surface area contributed by atoms with Crippen LogP contribution in [0.25, 0.3) is 0 Å². The van der Waals surface area contributed by atoms with E-state index in [-0.39, 0.29) is 31.1 Å². The second-order valence-electron chi connectivity index (χ2n) is 21.6. The monoisotopic (exact) mass is 1090 g/mol. The van der Waals surface area contributed by atoms with E-state index in [0.29, 0.717) is 19.3 Å². The average Bonchev–Trinajstić information content (AvgIpc) is 3.45. The first-order valence-corrected chi connectivity index (χ1v) is 33.0. The summed E-state index contributed by atoms with van der Waals surface area (Å²) < 4.78 is 16.9. The van der Waals surface area contributed by atoms with Gasteiger partial charge in [0.25, 0.3) is 0 Å². The number of carbonyl (C=O) groups is 3. The summed E-state index contributed by atoms with van der Waals surface area (Å²) in [7, 11) is 0. The lowest BCUT2D eigenvalue weighted by molar-refractivity contribution is -0.167. The van der Waals surface area contributed by atoms with Crippen LogP contribution < -0.4 is 0 Å². The molecule has 0 amide bonds. The lowest BCUT2D eigenvalue weighted by atomic mass is 10.1. The van der Waals surface area contributed by atoms with Crippen molar-refractivity contribution in [2.24, 2.45) is 0 Å². The molecule has 0 aromatic heterocycles. The van der Waals surface area contributed by atoms with Gasteiger partial charge in [0, 0.05) is 19.3 Å². The van der Waals surface area contributed by atoms with E-state index in [0.717, 1.165) is 128 Å². The van der Waals surface area contributed by atoms with Crippen LogP contribution in [0.2, 0.25) is 0 Å². The number of unbranched alkanes of at least 4 members (excludes halogenated alkanes) is 28. The van der Waals surface area contributed by atoms with Crippen molar-refractivity contribution in [3.63, 3.8) is 0 Å². The van der Waals surface area contributed by atoms with E-state index in [1.807, 2.05) is 0 Å². The molecule has 0 N–H and O–H groups in total. The Kier molecular flexibility index (Phi) is 62.8. The summed E-state index contributed by atoms with van der Waals surface area (Å²) in [5.74, 6) is -0.904. The van der Waals surface area contributed by atoms with Crippen LogP contribution in [-0.4, -0.2) is 37.2 Å². The third kappa shape index (κ3) is 64.5. The van der Waals surface area contributed by atoms with E-state index in [4.69, 9.17) is 14.2 Å². The molecule has 0 aliphatic carbocycles. The molecule has 0 bridgehead atoms. The lowest BCUT2D eigenvalue weighted by Crippen LogP contribution is -2.30. The molecule has 0 spiro atoms. The molecule has 0 radical (unpaired) electrons. The number of rotatable bonds is 59. The minimum atomic E-state index is -0.789. The topological polar surface area (TPSA) is 78.9 Å². The maximum Gasteiger partial charge on any atom is 0.306 e. The SMILES string of the molecule is CC/C=C\C/C=C\C/C=C\C/C=C\C/C=C\C/C=C\C/C=C\C/C=C\CCCCCCCCCCCCC(=O)OCC(COC(=O)CCCCCCC/C=C\CCCC)OC(=O)CCCCCCC/C=C\CCCCCCCC. The van der Waals surface area contributed by atoms with Crippen molar-refractivity contribution >= 4 is 17.9 Å². The fourth-order valence-corrected chi connectivity index (χ4v) is 8.96. The molecular weight excluding hydrogens is 973 g/mol. The molecule has 0 heterocycles. The van der Waals surface area contributed by atoms with Gasteiger partial charge >= 0.3 is 17.9 Å². The standard InChI is InChI=1S/C73H122O6/c1-4-7-10-13-16-19-22-24-26-27-28-29-30-31-32-33-34-35-36-37-38-39-40-41-42-43-44-45-47-48-51-54-57-60-63-66-72(75)78-69-70(68-77-71(74)65-62-59-56-53-50-21-18-15-12-9-6-3)79-73(76)67-64-61-58-55-52-49-46-25-23-20-17-14-11-8-5-2/h7,10,15-16,18-19,24-26,28-29,31-32,34-35,37-38,40-41,46,70H,4-6,8-9,11-14,17,20-23,27,30,33,36,39,42-45,47-69H2,1-3H3/b10-7-,18-15-,19-16-,26-24-,29-28-,32-31-,35-34-,38-37-,41-40-,46-25-. The van der Waals surface area contributed by atoms with Gasteiger partial charge < -0.3 is 14.2 Å². The van der Waals surface area contributed by atoms with E-state index in [2.05, 4.69) is 142 Å². The number of ether oxygens (including phenoxy) is 3. The number of hydrogen-bond acceptors (Lipinski definition) is 6. The highest BCUT2D eigenvalue weighted by Crippen LogP contribution is 2.15. The van der Waals surface area contributed by atoms with E-state index in [9.17, 15) is 14.4 Å². The summed E-state index contributed by atoms with van der Waals surface area (Å²) in [6.07, 6.45) is 92.2. The Morgan fingerprint density at radius 2 is 0.506 bits per heavy atom. The molecule has 1 atom stereocenters. The molecule has 450 valence electrons. The highest BCUT2D eigenvalue weighted by atomic mass is 16.6. The summed E-state index contributed by atoms with van der Waals surface area (Å²) in [5, 5.41) is 0. The van der Waals surface area contributed by atoms with Crippen molar-refractivity contribution in [3.8, 4) is 0 Å². The molecule has 0 rings (SSSR count). The van der Waals surface area contributed by atoms with Crippen LogP contribution in [0.15, 0.2) is 122 Å². The molecule has 0 aliphatic rings. The van der Waals surface area contributed by atoms with Crippen LogP contribution in [0.1, 0.15) is 303 Å². The fourth-order valence-electron chi connectivity index (χ4n) is 8.96. The van der Waals surface area contributed by atoms with Crippen molar-refractivity contribution in [2.45, 2.75) is 309 Å². The van der Waals surface area contributed by atoms with Crippen LogP contribution in [0.4, 0.5) is 0 Å². The Bertz CT molecular complexity index is 1640. The number of hydrogen-bond donors (Lipinski definition) is 0. The minimum Gasteiger partial charge on any atom is -0.462 e. The molecule has 79 heavy (non-hydrogen) atoms. The highest BCUT2D eigenvalue weighted by molar-refractivity contribution is 5.71. The molecule has 0 aliphatic heterocycles. The lowest BCUT2D eigenvalue weighted by Gasteiger charge is -2.18. The number of esters is 3. The zero-order valence-electron chi connectivity index (χ0n) is 51.6. The van der Waals surface area contributed by atoms with Gasteiger partial charge in [0.2, 0.25) is 0 Å². The summed E-state index contributed by atoms with van der Waals surface area (Å²) >= 11 is 0. The van der Waals surface area contributed by atoms with Gasteiger partial charge in [-0.1, -0.05) is 277 Å². The second kappa shape index (κ2) is 66.3. The zero-order chi connectivity index (χ0) is 57.1. The summed E-state index contributed by atoms with van der Waals surface area (Å²) in [6.45, 7) is 6.48. The summed E-state index contributed by atoms with van der Waals surface area (Å²) in [6, 6.07) is 0. The average molecular weight is 1100 g/mol. The number of carbonyl (C=O) groups excluding carboxylic acids is 3. The fraction of sp³-hybridized carbons (Fsp3) is 0.685. The van der Waals surface area contributed by atoms with Crippen LogP contribution in [0.3, 0.4) is 0 Å². The van der Waals surface area contributed by atoms with Crippen molar-refractivity contribution < 1.29 is 28.6 Å². The van der Waals surface area contributed by atoms with Gasteiger partial charge in [0.05, 0.1) is 0 Å². The maximum atomic E-state index is 12.9. The molecular formula is C73H122O6. The van der Waals surface area contributed by atoms with Gasteiger partial charge in [-0.3, -0.25) is 14.4 Å². The predicted molar refractivity (Wildman–Crippen MR) is 343 cm³/mol. The van der Waals surface area contributed by atoms with Crippen molar-refractivity contribution in [2.75, 3.05) is 13.2 Å². The Balaban J connectivity index is 4.19. The van der Waals surface area contributed by atoms with Gasteiger partial charge in [0.1, 0.15) is 13.2 Å². The van der Waals surface area contributed by atoms with Crippen molar-refractivity contribution in [1.29, 1.82) is 0 Å². The molecule has 6 nitrogen and oxygen atoms in total. The molecule has 0 aromatic rings. The molecule has 6 heteroatoms. The number of allylic oxidation sites excluding steroid dienone is 20. The smallest absolute Gasteiger partial charge is 0.306 e. The molecule has 1 unspecified atom stereocenters. The third-order valence-electron chi connectivity index (χ3n) is 13.9. The molecule has 0 saturated heterocycles. The largest absolute Gasteiger partial charge is 0.462 e. The Morgan fingerprint density at radius 3 is 0.823 bits per heavy atom. The third-order valence-corrected chi connectivity index (χ3v) is 13.9. The van der Waals surface area contributed by atoms with E-state index in [1.165, 1.54) is 135 Å². The van der Waals surface area contributed by atoms with Gasteiger partial charge in [-0.05, 0) is 128 Å². The van der Waals surface area contributed by atoms with E-state index in [1.54, 1.807) is 0 Å². The normalized spacial score (nSPS) is 12.9. The summed E-state index contributed by atoms with van der Waals surface area (Å²) in [5.41, 5.74) is 0.